The molecule has 5 radical (unpaired) electrons. The molecule has 18 rings (SSSR count). The molecule has 1 aliphatic rings. The van der Waals surface area contributed by atoms with Crippen molar-refractivity contribution >= 4 is 94.0 Å². The van der Waals surface area contributed by atoms with Crippen LogP contribution in [-0.2, 0) is 124 Å². The molecule has 0 saturated carbocycles. The summed E-state index contributed by atoms with van der Waals surface area (Å²) in [4.78, 5) is 84.0. The average molecular weight is 2600 g/mol. The fourth-order valence-electron chi connectivity index (χ4n) is 12.6. The van der Waals surface area contributed by atoms with E-state index in [2.05, 4.69) is 147 Å². The number of thiazole rings is 1. The predicted molar refractivity (Wildman–Crippen MR) is 496 cm³/mol. The van der Waals surface area contributed by atoms with E-state index in [0.29, 0.717) is 19.3 Å². The van der Waals surface area contributed by atoms with E-state index in [1.165, 1.54) is 109 Å². The van der Waals surface area contributed by atoms with Crippen molar-refractivity contribution in [2.45, 2.75) is 67.7 Å². The fraction of sp³-hybridized carbons (Fsp3) is 0.0943. The quantitative estimate of drug-likeness (QED) is 0.0309. The first-order valence-electron chi connectivity index (χ1n) is 39.4. The number of pyridine rings is 4. The zero-order chi connectivity index (χ0) is 87.2. The molecule has 0 aliphatic heterocycles. The molecule has 16 nitrogen and oxygen atoms in total. The Hall–Kier alpha value is -12.2. The summed E-state index contributed by atoms with van der Waals surface area (Å²) in [5, 5.41) is 41.2. The van der Waals surface area contributed by atoms with Gasteiger partial charge in [-0.2, -0.15) is 0 Å². The molecule has 0 fully saturated rings. The van der Waals surface area contributed by atoms with Gasteiger partial charge in [0.25, 0.3) is 0 Å². The number of allylic oxidation sites excluding steroid dienone is 8. The second-order valence-corrected chi connectivity index (χ2v) is 28.7. The maximum Gasteiger partial charge on any atom is 0.169 e. The van der Waals surface area contributed by atoms with Gasteiger partial charge in [0.2, 0.25) is 0 Å². The van der Waals surface area contributed by atoms with Crippen molar-refractivity contribution < 1.29 is 145 Å². The minimum absolute atomic E-state index is 0. The Kier molecular flexibility index (Phi) is 46.6. The van der Waals surface area contributed by atoms with Gasteiger partial charge in [0.15, 0.2) is 28.9 Å². The van der Waals surface area contributed by atoms with E-state index in [0.717, 1.165) is 89.1 Å². The second kappa shape index (κ2) is 56.1. The van der Waals surface area contributed by atoms with Gasteiger partial charge in [-0.15, -0.1) is 154 Å². The third kappa shape index (κ3) is 33.2. The number of carbonyl (C=O) groups is 5. The normalized spacial score (nSPS) is 11.1. The molecule has 0 unspecified atom stereocenters. The molecule has 0 atom stereocenters. The Balaban J connectivity index is 0.000000261. The van der Waals surface area contributed by atoms with E-state index in [-0.39, 0.29) is 158 Å². The molecule has 0 saturated heterocycles. The summed E-state index contributed by atoms with van der Waals surface area (Å²) in [6.07, 6.45) is 10.4. The fourth-order valence-corrected chi connectivity index (χ4v) is 13.5. The molecule has 0 bridgehead atoms. The standard InChI is InChI=1S/C20H13N2.C19H12N.C17H12N.C15H10N.C12H8N2S.C8H10O3.3C5H8O2.5Ir/c1-3-9-15(10-4-1)19-20(16-11-5-2-6-12-16)22-18-14-8-7-13-17(18)21-19;1-2-8-14(9-3-1)19-17-12-5-4-10-15(17)16-11-6-7-13-18(16)20-19;1-2-7-14(8-3-1)15-9-6-10-16(13-15)17-11-4-5-12-18-17;1-2-7-13(8-3-1)15-14-9-5-4-6-12(14)10-11-16-15;1-2-7-11-9(5-1)14-12(15-11)10-6-3-4-8-13-10;1-5(9)8-6(10)3-2-4-7(8)11;3*1-4(6)3-5(2)7;;;;;/h1-11,13-14H;1-8,10-13H;1-9,11-13H;1-7,9-11H;1-8H;10H,2-4H2,1H3;3*3,6H,1-2H3;;;;;/q4*-1;;;;;;;;;;. The number of nitrogens with zero attached hydrogens (tertiary/aromatic N) is 7. The number of hydrogen-bond donors (Lipinski definition) is 4. The van der Waals surface area contributed by atoms with Crippen LogP contribution in [0.4, 0.5) is 0 Å². The van der Waals surface area contributed by atoms with Crippen molar-refractivity contribution in [3.8, 4) is 78.1 Å². The largest absolute Gasteiger partial charge is 0.512 e. The molecule has 128 heavy (non-hydrogen) atoms. The second-order valence-electron chi connectivity index (χ2n) is 27.6. The van der Waals surface area contributed by atoms with Crippen molar-refractivity contribution in [1.29, 1.82) is 0 Å². The van der Waals surface area contributed by atoms with Gasteiger partial charge in [-0.3, -0.25) is 43.9 Å². The van der Waals surface area contributed by atoms with Crippen molar-refractivity contribution in [3.63, 3.8) is 0 Å². The van der Waals surface area contributed by atoms with Crippen molar-refractivity contribution in [1.82, 2.24) is 34.9 Å². The van der Waals surface area contributed by atoms with E-state index < -0.39 is 0 Å². The average Bonchev–Trinajstić information content (AvgIpc) is 0.910. The topological polar surface area (TPSA) is 256 Å². The summed E-state index contributed by atoms with van der Waals surface area (Å²) in [6, 6.07) is 118. The first kappa shape index (κ1) is 106. The third-order valence-corrected chi connectivity index (χ3v) is 18.9. The Morgan fingerprint density at radius 1 is 0.344 bits per heavy atom. The van der Waals surface area contributed by atoms with E-state index in [1.54, 1.807) is 23.7 Å². The monoisotopic (exact) mass is 2600 g/mol. The minimum atomic E-state index is -0.327. The van der Waals surface area contributed by atoms with Gasteiger partial charge < -0.3 is 30.4 Å². The van der Waals surface area contributed by atoms with Crippen LogP contribution in [0.2, 0.25) is 0 Å². The first-order valence-corrected chi connectivity index (χ1v) is 40.2. The van der Waals surface area contributed by atoms with E-state index in [9.17, 15) is 24.0 Å². The van der Waals surface area contributed by atoms with E-state index >= 15 is 0 Å². The maximum atomic E-state index is 11.0. The molecule has 1 aliphatic carbocycles. The van der Waals surface area contributed by atoms with Crippen molar-refractivity contribution in [2.75, 3.05) is 0 Å². The van der Waals surface area contributed by atoms with Crippen LogP contribution in [-0.4, -0.2) is 84.2 Å². The first-order chi connectivity index (χ1) is 59.7. The number of aliphatic hydroxyl groups excluding tert-OH is 4. The Morgan fingerprint density at radius 3 is 1.26 bits per heavy atom. The summed E-state index contributed by atoms with van der Waals surface area (Å²) in [6.45, 7) is 9.85. The van der Waals surface area contributed by atoms with Crippen LogP contribution in [0, 0.1) is 24.3 Å². The number of para-hydroxylation sites is 4. The zero-order valence-corrected chi connectivity index (χ0v) is 83.4. The van der Waals surface area contributed by atoms with Crippen LogP contribution < -0.4 is 0 Å². The van der Waals surface area contributed by atoms with Gasteiger partial charge >= 0.3 is 0 Å². The van der Waals surface area contributed by atoms with Crippen LogP contribution >= 0.6 is 11.3 Å². The number of aliphatic hydroxyl groups is 4. The third-order valence-electron chi connectivity index (χ3n) is 17.8. The number of ketones is 5. The van der Waals surface area contributed by atoms with Gasteiger partial charge in [-0.1, -0.05) is 170 Å². The summed E-state index contributed by atoms with van der Waals surface area (Å²) < 4.78 is 1.21. The number of aromatic nitrogens is 7. The van der Waals surface area contributed by atoms with E-state index in [1.807, 2.05) is 219 Å². The van der Waals surface area contributed by atoms with Crippen molar-refractivity contribution in [2.24, 2.45) is 0 Å². The zero-order valence-electron chi connectivity index (χ0n) is 70.6. The molecule has 0 spiro atoms. The molecule has 17 aromatic rings. The summed E-state index contributed by atoms with van der Waals surface area (Å²) in [5.41, 5.74) is 17.1. The smallest absolute Gasteiger partial charge is 0.169 e. The minimum Gasteiger partial charge on any atom is -0.512 e. The molecular formula is C106H89Ir5N7O9S-4. The Morgan fingerprint density at radius 2 is 0.773 bits per heavy atom. The molecule has 0 amide bonds. The number of benzene rings is 11. The van der Waals surface area contributed by atoms with Crippen LogP contribution in [0.15, 0.2) is 381 Å². The van der Waals surface area contributed by atoms with E-state index in [4.69, 9.17) is 35.4 Å². The Bertz CT molecular complexity index is 6290. The summed E-state index contributed by atoms with van der Waals surface area (Å²) >= 11 is 1.68. The van der Waals surface area contributed by atoms with Crippen LogP contribution in [0.5, 0.6) is 0 Å². The van der Waals surface area contributed by atoms with Crippen LogP contribution in [0.25, 0.3) is 132 Å². The number of rotatable bonds is 11. The van der Waals surface area contributed by atoms with Gasteiger partial charge in [0.1, 0.15) is 10.8 Å². The van der Waals surface area contributed by atoms with Gasteiger partial charge in [-0.05, 0) is 159 Å². The maximum absolute atomic E-state index is 11.0. The molecule has 22 heteroatoms. The SMILES string of the molecule is CC(=O)C1=C(O)CCCC1=O.CC(=O)C=C(C)O.CC(=O)C=C(C)O.CC(=O)C=C(C)O.[Ir].[Ir].[Ir].[Ir].[Ir].[c-]1ccc(-c2ccccc2)cc1-c1ccccn1.[c-]1ccccc1-c1nc2ccccc2c2ccccc12.[c-]1ccccc1-c1nc2ccccc2nc1-c1ccccc1.[c-]1ccccc1-c1nccc2ccccc12.c1ccc(-c2nc3ccccc3s2)nc1. The predicted octanol–water partition coefficient (Wildman–Crippen LogP) is 25.1. The molecule has 6 heterocycles. The molecule has 11 aromatic carbocycles. The van der Waals surface area contributed by atoms with Crippen molar-refractivity contribution in [3.05, 3.63) is 405 Å². The molecule has 657 valence electrons. The van der Waals surface area contributed by atoms with Gasteiger partial charge in [-0.25, -0.2) is 4.98 Å². The number of Topliss-reactive ketones (excluding diaryl/α,β-unsaturated/α-hetero) is 2. The molecule has 6 aromatic heterocycles. The van der Waals surface area contributed by atoms with Gasteiger partial charge in [0.05, 0.1) is 61.0 Å². The summed E-state index contributed by atoms with van der Waals surface area (Å²) in [5.74, 6) is -0.769. The van der Waals surface area contributed by atoms with Gasteiger partial charge in [0, 0.05) is 161 Å². The van der Waals surface area contributed by atoms with Crippen LogP contribution in [0.1, 0.15) is 67.7 Å². The number of hydrogen-bond acceptors (Lipinski definition) is 17. The molecular weight excluding hydrogens is 2510 g/mol. The Labute approximate surface area is 817 Å². The number of fused-ring (bicyclic) bond motifs is 6. The number of carbonyl (C=O) groups excluding carboxylic acids is 5. The summed E-state index contributed by atoms with van der Waals surface area (Å²) in [7, 11) is 0. The molecule has 4 N–H and O–H groups in total. The van der Waals surface area contributed by atoms with Crippen LogP contribution in [0.3, 0.4) is 0 Å².